The lowest BCUT2D eigenvalue weighted by Crippen LogP contribution is -2.33. The van der Waals surface area contributed by atoms with E-state index in [-0.39, 0.29) is 5.97 Å². The highest BCUT2D eigenvalue weighted by molar-refractivity contribution is 5.75. The van der Waals surface area contributed by atoms with Crippen molar-refractivity contribution in [3.05, 3.63) is 18.0 Å². The zero-order valence-electron chi connectivity index (χ0n) is 10.1. The Bertz CT molecular complexity index is 383. The zero-order chi connectivity index (χ0) is 12.3. The number of nitrogens with two attached hydrogens (primary N) is 1. The molecule has 0 aliphatic heterocycles. The van der Waals surface area contributed by atoms with Gasteiger partial charge in [-0.25, -0.2) is 0 Å². The van der Waals surface area contributed by atoms with Gasteiger partial charge < -0.3 is 10.5 Å². The minimum absolute atomic E-state index is 0.389. The van der Waals surface area contributed by atoms with Gasteiger partial charge in [0.05, 0.1) is 18.8 Å². The summed E-state index contributed by atoms with van der Waals surface area (Å²) in [5.41, 5.74) is 6.55. The lowest BCUT2D eigenvalue weighted by Gasteiger charge is -2.09. The third-order valence-electron chi connectivity index (χ3n) is 3.30. The summed E-state index contributed by atoms with van der Waals surface area (Å²) in [5, 5.41) is 4.48. The van der Waals surface area contributed by atoms with E-state index in [9.17, 15) is 4.79 Å². The second kappa shape index (κ2) is 5.31. The minimum Gasteiger partial charge on any atom is -0.468 e. The SMILES string of the molecule is COC(=O)C(N)Cc1ccn(C2CCCC2)n1. The van der Waals surface area contributed by atoms with E-state index in [0.29, 0.717) is 12.5 Å². The summed E-state index contributed by atoms with van der Waals surface area (Å²) in [4.78, 5) is 11.2. The summed E-state index contributed by atoms with van der Waals surface area (Å²) < 4.78 is 6.60. The van der Waals surface area contributed by atoms with Crippen LogP contribution in [0.2, 0.25) is 0 Å². The molecule has 0 aromatic carbocycles. The molecule has 17 heavy (non-hydrogen) atoms. The van der Waals surface area contributed by atoms with Crippen molar-refractivity contribution in [3.8, 4) is 0 Å². The Morgan fingerprint density at radius 3 is 3.00 bits per heavy atom. The molecule has 0 saturated heterocycles. The van der Waals surface area contributed by atoms with Gasteiger partial charge in [-0.05, 0) is 18.9 Å². The average Bonchev–Trinajstić information content (AvgIpc) is 2.97. The van der Waals surface area contributed by atoms with E-state index in [2.05, 4.69) is 9.84 Å². The Balaban J connectivity index is 1.96. The highest BCUT2D eigenvalue weighted by atomic mass is 16.5. The maximum atomic E-state index is 11.2. The quantitative estimate of drug-likeness (QED) is 0.794. The van der Waals surface area contributed by atoms with Crippen molar-refractivity contribution < 1.29 is 9.53 Å². The van der Waals surface area contributed by atoms with Gasteiger partial charge >= 0.3 is 5.97 Å². The topological polar surface area (TPSA) is 70.1 Å². The first-order valence-electron chi connectivity index (χ1n) is 6.08. The second-order valence-corrected chi connectivity index (χ2v) is 4.56. The third kappa shape index (κ3) is 2.85. The molecule has 5 heteroatoms. The second-order valence-electron chi connectivity index (χ2n) is 4.56. The number of rotatable bonds is 4. The number of nitrogens with zero attached hydrogens (tertiary/aromatic N) is 2. The van der Waals surface area contributed by atoms with Crippen LogP contribution >= 0.6 is 0 Å². The Hall–Kier alpha value is -1.36. The minimum atomic E-state index is -0.619. The van der Waals surface area contributed by atoms with Gasteiger partial charge in [-0.1, -0.05) is 12.8 Å². The molecular formula is C12H19N3O2. The van der Waals surface area contributed by atoms with Crippen LogP contribution in [0.3, 0.4) is 0 Å². The predicted molar refractivity (Wildman–Crippen MR) is 63.4 cm³/mol. The van der Waals surface area contributed by atoms with Gasteiger partial charge in [0.15, 0.2) is 0 Å². The van der Waals surface area contributed by atoms with Crippen LogP contribution in [0.15, 0.2) is 12.3 Å². The summed E-state index contributed by atoms with van der Waals surface area (Å²) in [7, 11) is 1.35. The van der Waals surface area contributed by atoms with Crippen LogP contribution in [0.5, 0.6) is 0 Å². The van der Waals surface area contributed by atoms with E-state index in [4.69, 9.17) is 5.73 Å². The van der Waals surface area contributed by atoms with Gasteiger partial charge in [0, 0.05) is 12.6 Å². The Morgan fingerprint density at radius 1 is 1.65 bits per heavy atom. The van der Waals surface area contributed by atoms with Gasteiger partial charge in [-0.3, -0.25) is 9.48 Å². The Labute approximate surface area is 101 Å². The van der Waals surface area contributed by atoms with Crippen molar-refractivity contribution in [1.29, 1.82) is 0 Å². The lowest BCUT2D eigenvalue weighted by molar-refractivity contribution is -0.142. The standard InChI is InChI=1S/C12H19N3O2/c1-17-12(16)11(13)8-9-6-7-15(14-9)10-4-2-3-5-10/h6-7,10-11H,2-5,8,13H2,1H3. The van der Waals surface area contributed by atoms with Crippen molar-refractivity contribution in [2.24, 2.45) is 5.73 Å². The van der Waals surface area contributed by atoms with Gasteiger partial charge in [0.2, 0.25) is 0 Å². The summed E-state index contributed by atoms with van der Waals surface area (Å²) in [6.07, 6.45) is 7.37. The maximum Gasteiger partial charge on any atom is 0.323 e. The molecule has 1 aromatic rings. The number of aromatic nitrogens is 2. The molecule has 0 amide bonds. The molecule has 2 N–H and O–H groups in total. The first-order valence-corrected chi connectivity index (χ1v) is 6.08. The maximum absolute atomic E-state index is 11.2. The van der Waals surface area contributed by atoms with E-state index in [1.54, 1.807) is 0 Å². The summed E-state index contributed by atoms with van der Waals surface area (Å²) in [6, 6.07) is 1.84. The van der Waals surface area contributed by atoms with Crippen molar-refractivity contribution in [2.75, 3.05) is 7.11 Å². The third-order valence-corrected chi connectivity index (χ3v) is 3.30. The lowest BCUT2D eigenvalue weighted by atomic mass is 10.2. The number of esters is 1. The molecule has 1 heterocycles. The van der Waals surface area contributed by atoms with E-state index in [1.165, 1.54) is 32.8 Å². The molecular weight excluding hydrogens is 218 g/mol. The van der Waals surface area contributed by atoms with Gasteiger partial charge in [-0.15, -0.1) is 0 Å². The van der Waals surface area contributed by atoms with Crippen LogP contribution in [0.4, 0.5) is 0 Å². The first-order chi connectivity index (χ1) is 8.20. The van der Waals surface area contributed by atoms with Crippen LogP contribution < -0.4 is 5.73 Å². The predicted octanol–water partition coefficient (Wildman–Crippen LogP) is 1.04. The number of ether oxygens (including phenoxy) is 1. The van der Waals surface area contributed by atoms with E-state index >= 15 is 0 Å². The molecule has 0 spiro atoms. The van der Waals surface area contributed by atoms with E-state index < -0.39 is 6.04 Å². The fraction of sp³-hybridized carbons (Fsp3) is 0.667. The number of carbonyl (C=O) groups excluding carboxylic acids is 1. The smallest absolute Gasteiger partial charge is 0.323 e. The number of carbonyl (C=O) groups is 1. The molecule has 5 nitrogen and oxygen atoms in total. The van der Waals surface area contributed by atoms with Crippen molar-refractivity contribution in [2.45, 2.75) is 44.2 Å². The monoisotopic (exact) mass is 237 g/mol. The molecule has 1 aromatic heterocycles. The summed E-state index contributed by atoms with van der Waals surface area (Å²) >= 11 is 0. The molecule has 1 fully saturated rings. The molecule has 1 atom stereocenters. The highest BCUT2D eigenvalue weighted by Crippen LogP contribution is 2.28. The number of hydrogen-bond donors (Lipinski definition) is 1. The summed E-state index contributed by atoms with van der Waals surface area (Å²) in [5.74, 6) is -0.389. The fourth-order valence-corrected chi connectivity index (χ4v) is 2.32. The highest BCUT2D eigenvalue weighted by Gasteiger charge is 2.19. The van der Waals surface area contributed by atoms with Crippen molar-refractivity contribution in [1.82, 2.24) is 9.78 Å². The number of hydrogen-bond acceptors (Lipinski definition) is 4. The van der Waals surface area contributed by atoms with Crippen LogP contribution in [0.1, 0.15) is 37.4 Å². The molecule has 1 unspecified atom stereocenters. The molecule has 0 radical (unpaired) electrons. The Kier molecular flexibility index (Phi) is 3.78. The molecule has 94 valence electrons. The largest absolute Gasteiger partial charge is 0.468 e. The Morgan fingerprint density at radius 2 is 2.35 bits per heavy atom. The van der Waals surface area contributed by atoms with Gasteiger partial charge in [0.1, 0.15) is 6.04 Å². The van der Waals surface area contributed by atoms with Crippen LogP contribution in [0.25, 0.3) is 0 Å². The van der Waals surface area contributed by atoms with Crippen molar-refractivity contribution in [3.63, 3.8) is 0 Å². The molecule has 1 saturated carbocycles. The van der Waals surface area contributed by atoms with Crippen LogP contribution in [0, 0.1) is 0 Å². The van der Waals surface area contributed by atoms with Crippen LogP contribution in [-0.2, 0) is 16.0 Å². The fourth-order valence-electron chi connectivity index (χ4n) is 2.32. The van der Waals surface area contributed by atoms with Gasteiger partial charge in [0.25, 0.3) is 0 Å². The normalized spacial score (nSPS) is 18.2. The summed E-state index contributed by atoms with van der Waals surface area (Å²) in [6.45, 7) is 0. The number of methoxy groups -OCH3 is 1. The van der Waals surface area contributed by atoms with Crippen molar-refractivity contribution >= 4 is 5.97 Å². The molecule has 1 aliphatic rings. The van der Waals surface area contributed by atoms with E-state index in [0.717, 1.165) is 5.69 Å². The molecule has 1 aliphatic carbocycles. The zero-order valence-corrected chi connectivity index (χ0v) is 10.1. The first kappa shape index (κ1) is 12.1. The molecule has 0 bridgehead atoms. The molecule has 2 rings (SSSR count). The van der Waals surface area contributed by atoms with Gasteiger partial charge in [-0.2, -0.15) is 5.10 Å². The average molecular weight is 237 g/mol. The van der Waals surface area contributed by atoms with Crippen LogP contribution in [-0.4, -0.2) is 28.9 Å². The van der Waals surface area contributed by atoms with E-state index in [1.807, 2.05) is 16.9 Å².